The highest BCUT2D eigenvalue weighted by Crippen LogP contribution is 2.31. The van der Waals surface area contributed by atoms with Gasteiger partial charge in [0, 0.05) is 11.3 Å². The molecule has 0 bridgehead atoms. The highest BCUT2D eigenvalue weighted by atomic mass is 14.6. The van der Waals surface area contributed by atoms with E-state index in [1.807, 2.05) is 19.9 Å². The predicted octanol–water partition coefficient (Wildman–Crippen LogP) is 5.38. The summed E-state index contributed by atoms with van der Waals surface area (Å²) in [5.41, 5.74) is 15.5. The molecule has 0 amide bonds. The number of benzene rings is 1. The Balaban J connectivity index is 3.57. The molecule has 0 atom stereocenters. The van der Waals surface area contributed by atoms with Crippen molar-refractivity contribution in [3.8, 4) is 0 Å². The molecule has 0 radical (unpaired) electrons. The lowest BCUT2D eigenvalue weighted by Crippen LogP contribution is -2.06. The molecule has 0 heterocycles. The lowest BCUT2D eigenvalue weighted by Gasteiger charge is -2.18. The fourth-order valence-electron chi connectivity index (χ4n) is 2.42. The van der Waals surface area contributed by atoms with Crippen molar-refractivity contribution in [1.82, 2.24) is 0 Å². The number of allylic oxidation sites excluding steroid dienone is 5. The van der Waals surface area contributed by atoms with Crippen molar-refractivity contribution >= 4 is 5.57 Å². The Labute approximate surface area is 129 Å². The summed E-state index contributed by atoms with van der Waals surface area (Å²) >= 11 is 0. The van der Waals surface area contributed by atoms with Crippen molar-refractivity contribution in [2.45, 2.75) is 41.5 Å². The Hall–Kier alpha value is -2.02. The molecule has 0 aromatic heterocycles. The zero-order valence-electron chi connectivity index (χ0n) is 14.2. The van der Waals surface area contributed by atoms with Gasteiger partial charge in [0.15, 0.2) is 0 Å². The van der Waals surface area contributed by atoms with Crippen LogP contribution in [0.3, 0.4) is 0 Å². The number of rotatable bonds is 4. The summed E-state index contributed by atoms with van der Waals surface area (Å²) in [6.45, 7) is 16.4. The van der Waals surface area contributed by atoms with Crippen LogP contribution in [0.1, 0.15) is 43.0 Å². The monoisotopic (exact) mass is 281 g/mol. The second-order valence-corrected chi connectivity index (χ2v) is 5.68. The highest BCUT2D eigenvalue weighted by Gasteiger charge is 2.13. The number of aryl methyl sites for hydroxylation is 3. The summed E-state index contributed by atoms with van der Waals surface area (Å²) in [7, 11) is 0. The third-order valence-electron chi connectivity index (χ3n) is 3.82. The van der Waals surface area contributed by atoms with Gasteiger partial charge in [-0.2, -0.15) is 0 Å². The number of hydrogen-bond donors (Lipinski definition) is 1. The van der Waals surface area contributed by atoms with Crippen LogP contribution in [0.2, 0.25) is 0 Å². The van der Waals surface area contributed by atoms with Gasteiger partial charge >= 0.3 is 0 Å². The van der Waals surface area contributed by atoms with E-state index in [4.69, 9.17) is 5.73 Å². The minimum absolute atomic E-state index is 0.820. The molecule has 0 aliphatic rings. The number of hydrogen-bond acceptors (Lipinski definition) is 1. The maximum absolute atomic E-state index is 6.30. The Morgan fingerprint density at radius 1 is 1.05 bits per heavy atom. The van der Waals surface area contributed by atoms with Crippen LogP contribution in [-0.2, 0) is 0 Å². The minimum atomic E-state index is 0.820. The molecule has 0 fully saturated rings. The molecule has 1 nitrogen and oxygen atoms in total. The first kappa shape index (κ1) is 17.0. The van der Waals surface area contributed by atoms with E-state index in [9.17, 15) is 0 Å². The third-order valence-corrected chi connectivity index (χ3v) is 3.82. The molecule has 0 saturated carbocycles. The molecule has 0 unspecified atom stereocenters. The molecule has 0 aliphatic heterocycles. The van der Waals surface area contributed by atoms with Gasteiger partial charge in [0.05, 0.1) is 0 Å². The van der Waals surface area contributed by atoms with Gasteiger partial charge in [-0.15, -0.1) is 0 Å². The first-order chi connectivity index (χ1) is 9.83. The first-order valence-electron chi connectivity index (χ1n) is 7.34. The maximum atomic E-state index is 6.30. The van der Waals surface area contributed by atoms with Gasteiger partial charge in [0.1, 0.15) is 0 Å². The van der Waals surface area contributed by atoms with E-state index < -0.39 is 0 Å². The second kappa shape index (κ2) is 7.12. The van der Waals surface area contributed by atoms with Crippen LogP contribution in [0.4, 0.5) is 0 Å². The summed E-state index contributed by atoms with van der Waals surface area (Å²) in [4.78, 5) is 0. The smallest absolute Gasteiger partial charge is 0.0380 e. The van der Waals surface area contributed by atoms with E-state index in [-0.39, 0.29) is 0 Å². The van der Waals surface area contributed by atoms with Crippen molar-refractivity contribution in [2.75, 3.05) is 0 Å². The molecular formula is C20H27N. The molecule has 21 heavy (non-hydrogen) atoms. The zero-order chi connectivity index (χ0) is 16.2. The van der Waals surface area contributed by atoms with Crippen LogP contribution in [0.15, 0.2) is 53.8 Å². The fraction of sp³-hybridized carbons (Fsp3) is 0.300. The van der Waals surface area contributed by atoms with E-state index in [2.05, 4.69) is 52.5 Å². The molecule has 1 rings (SSSR count). The molecule has 2 N–H and O–H groups in total. The first-order valence-corrected chi connectivity index (χ1v) is 7.34. The molecule has 0 saturated heterocycles. The van der Waals surface area contributed by atoms with Gasteiger partial charge in [-0.1, -0.05) is 42.5 Å². The van der Waals surface area contributed by atoms with Crippen molar-refractivity contribution in [3.63, 3.8) is 0 Å². The van der Waals surface area contributed by atoms with Crippen LogP contribution in [-0.4, -0.2) is 0 Å². The van der Waals surface area contributed by atoms with Crippen LogP contribution < -0.4 is 5.73 Å². The van der Waals surface area contributed by atoms with Crippen LogP contribution in [0.5, 0.6) is 0 Å². The van der Waals surface area contributed by atoms with Gasteiger partial charge < -0.3 is 5.73 Å². The Bertz CT molecular complexity index is 636. The van der Waals surface area contributed by atoms with Crippen molar-refractivity contribution in [1.29, 1.82) is 0 Å². The topological polar surface area (TPSA) is 26.0 Å². The third kappa shape index (κ3) is 3.75. The second-order valence-electron chi connectivity index (χ2n) is 5.68. The van der Waals surface area contributed by atoms with Gasteiger partial charge in [-0.05, 0) is 69.4 Å². The average Bonchev–Trinajstić information content (AvgIpc) is 2.43. The van der Waals surface area contributed by atoms with Gasteiger partial charge in [0.25, 0.3) is 0 Å². The molecule has 0 spiro atoms. The summed E-state index contributed by atoms with van der Waals surface area (Å²) in [6.07, 6.45) is 5.92. The lowest BCUT2D eigenvalue weighted by molar-refractivity contribution is 1.21. The average molecular weight is 281 g/mol. The Morgan fingerprint density at radius 2 is 1.62 bits per heavy atom. The van der Waals surface area contributed by atoms with Gasteiger partial charge in [-0.25, -0.2) is 0 Å². The number of nitrogens with two attached hydrogens (primary N) is 1. The van der Waals surface area contributed by atoms with Crippen molar-refractivity contribution in [3.05, 3.63) is 76.0 Å². The highest BCUT2D eigenvalue weighted by molar-refractivity contribution is 5.85. The fourth-order valence-corrected chi connectivity index (χ4v) is 2.42. The van der Waals surface area contributed by atoms with E-state index in [1.165, 1.54) is 22.3 Å². The molecule has 1 aromatic carbocycles. The van der Waals surface area contributed by atoms with Crippen LogP contribution in [0.25, 0.3) is 5.57 Å². The normalized spacial score (nSPS) is 12.3. The standard InChI is InChI=1S/C20H27N/c1-8-10-18(20(21)13(3)4)17(9-2)19-12-15(6)14(5)11-16(19)7/h8-12H,1,21H2,2-7H3/b17-9+,18-10+. The lowest BCUT2D eigenvalue weighted by atomic mass is 9.88. The SMILES string of the molecule is C=C/C=C(C(N)=C(C)C)\C(=C/C)c1cc(C)c(C)cc1C. The molecular weight excluding hydrogens is 254 g/mol. The summed E-state index contributed by atoms with van der Waals surface area (Å²) in [5, 5.41) is 0. The Kier molecular flexibility index (Phi) is 5.78. The maximum Gasteiger partial charge on any atom is 0.0380 e. The van der Waals surface area contributed by atoms with E-state index in [0.717, 1.165) is 22.4 Å². The largest absolute Gasteiger partial charge is 0.398 e. The molecule has 112 valence electrons. The molecule has 1 aromatic rings. The van der Waals surface area contributed by atoms with Crippen LogP contribution >= 0.6 is 0 Å². The van der Waals surface area contributed by atoms with Gasteiger partial charge in [-0.3, -0.25) is 0 Å². The minimum Gasteiger partial charge on any atom is -0.398 e. The van der Waals surface area contributed by atoms with E-state index >= 15 is 0 Å². The molecule has 1 heteroatoms. The summed E-state index contributed by atoms with van der Waals surface area (Å²) in [5.74, 6) is 0. The van der Waals surface area contributed by atoms with Crippen LogP contribution in [0, 0.1) is 20.8 Å². The summed E-state index contributed by atoms with van der Waals surface area (Å²) < 4.78 is 0. The molecule has 0 aliphatic carbocycles. The van der Waals surface area contributed by atoms with E-state index in [0.29, 0.717) is 0 Å². The van der Waals surface area contributed by atoms with Gasteiger partial charge in [0.2, 0.25) is 0 Å². The zero-order valence-corrected chi connectivity index (χ0v) is 14.2. The Morgan fingerprint density at radius 3 is 2.10 bits per heavy atom. The summed E-state index contributed by atoms with van der Waals surface area (Å²) in [6, 6.07) is 4.48. The predicted molar refractivity (Wildman–Crippen MR) is 95.1 cm³/mol. The van der Waals surface area contributed by atoms with Crippen molar-refractivity contribution < 1.29 is 0 Å². The van der Waals surface area contributed by atoms with E-state index in [1.54, 1.807) is 6.08 Å². The quantitative estimate of drug-likeness (QED) is 0.737. The van der Waals surface area contributed by atoms with Crippen molar-refractivity contribution in [2.24, 2.45) is 5.73 Å².